The Morgan fingerprint density at radius 3 is 2.80 bits per heavy atom. The maximum Gasteiger partial charge on any atom is 0.115 e. The van der Waals surface area contributed by atoms with E-state index in [9.17, 15) is 5.11 Å². The lowest BCUT2D eigenvalue weighted by molar-refractivity contribution is 0.155. The lowest BCUT2D eigenvalue weighted by Crippen LogP contribution is -2.60. The Bertz CT molecular complexity index is 745. The first-order chi connectivity index (χ1) is 12.1. The van der Waals surface area contributed by atoms with Crippen molar-refractivity contribution in [2.75, 3.05) is 13.6 Å². The summed E-state index contributed by atoms with van der Waals surface area (Å²) in [5, 5.41) is 14.0. The van der Waals surface area contributed by atoms with E-state index in [4.69, 9.17) is 0 Å². The summed E-state index contributed by atoms with van der Waals surface area (Å²) in [6.07, 6.45) is 3.40. The van der Waals surface area contributed by atoms with Crippen LogP contribution in [0.3, 0.4) is 0 Å². The van der Waals surface area contributed by atoms with Crippen LogP contribution in [0.25, 0.3) is 0 Å². The molecule has 2 N–H and O–H groups in total. The van der Waals surface area contributed by atoms with Gasteiger partial charge >= 0.3 is 0 Å². The molecule has 3 heteroatoms. The zero-order valence-electron chi connectivity index (χ0n) is 15.2. The molecule has 2 aromatic rings. The highest BCUT2D eigenvalue weighted by Crippen LogP contribution is 2.45. The quantitative estimate of drug-likeness (QED) is 0.901. The molecule has 2 aliphatic rings. The van der Waals surface area contributed by atoms with Crippen molar-refractivity contribution in [1.29, 1.82) is 0 Å². The number of nitrogens with zero attached hydrogens (tertiary/aromatic N) is 1. The number of benzene rings is 2. The number of aromatic hydroxyl groups is 1. The molecule has 0 aromatic heterocycles. The predicted octanol–water partition coefficient (Wildman–Crippen LogP) is 3.46. The van der Waals surface area contributed by atoms with E-state index in [1.165, 1.54) is 23.1 Å². The largest absolute Gasteiger partial charge is 0.508 e. The van der Waals surface area contributed by atoms with E-state index in [2.05, 4.69) is 60.6 Å². The van der Waals surface area contributed by atoms with E-state index in [1.54, 1.807) is 0 Å². The molecule has 1 aliphatic heterocycles. The van der Waals surface area contributed by atoms with E-state index in [1.807, 2.05) is 12.1 Å². The molecule has 25 heavy (non-hydrogen) atoms. The number of nitrogens with one attached hydrogen (secondary N) is 1. The van der Waals surface area contributed by atoms with E-state index < -0.39 is 0 Å². The first kappa shape index (κ1) is 16.6. The van der Waals surface area contributed by atoms with Crippen LogP contribution in [0.15, 0.2) is 48.5 Å². The summed E-state index contributed by atoms with van der Waals surface area (Å²) in [6.45, 7) is 4.42. The molecular formula is C22H28N2O. The van der Waals surface area contributed by atoms with Crippen molar-refractivity contribution in [3.8, 4) is 5.75 Å². The summed E-state index contributed by atoms with van der Waals surface area (Å²) >= 11 is 0. The van der Waals surface area contributed by atoms with Crippen LogP contribution in [-0.2, 0) is 18.4 Å². The molecule has 132 valence electrons. The van der Waals surface area contributed by atoms with Gasteiger partial charge in [-0.2, -0.15) is 0 Å². The summed E-state index contributed by atoms with van der Waals surface area (Å²) in [5.41, 5.74) is 4.12. The zero-order valence-corrected chi connectivity index (χ0v) is 15.2. The predicted molar refractivity (Wildman–Crippen MR) is 102 cm³/mol. The fraction of sp³-hybridized carbons (Fsp3) is 0.455. The smallest absolute Gasteiger partial charge is 0.115 e. The number of hydrogen-bond acceptors (Lipinski definition) is 3. The Kier molecular flexibility index (Phi) is 4.30. The van der Waals surface area contributed by atoms with Crippen LogP contribution < -0.4 is 5.32 Å². The average molecular weight is 336 g/mol. The maximum absolute atomic E-state index is 10.1. The Balaban J connectivity index is 1.71. The minimum Gasteiger partial charge on any atom is -0.508 e. The van der Waals surface area contributed by atoms with Gasteiger partial charge in [0.2, 0.25) is 0 Å². The van der Waals surface area contributed by atoms with Gasteiger partial charge in [-0.15, -0.1) is 0 Å². The average Bonchev–Trinajstić information content (AvgIpc) is 2.70. The van der Waals surface area contributed by atoms with Gasteiger partial charge in [-0.25, -0.2) is 0 Å². The molecule has 1 aliphatic carbocycles. The Labute approximate surface area is 150 Å². The van der Waals surface area contributed by atoms with Crippen molar-refractivity contribution in [3.63, 3.8) is 0 Å². The standard InChI is InChI=1S/C22H28N2O/c1-22-11-6-12-24(2)20(13-17-9-10-18(25)14-19(17)22)21(22)23-15-16-7-4-3-5-8-16/h3-5,7-10,14,20-21,23,25H,6,11-13,15H2,1-2H3. The highest BCUT2D eigenvalue weighted by atomic mass is 16.3. The summed E-state index contributed by atoms with van der Waals surface area (Å²) in [5.74, 6) is 0.387. The number of phenols is 1. The minimum atomic E-state index is 0.0521. The normalized spacial score (nSPS) is 29.0. The van der Waals surface area contributed by atoms with Crippen LogP contribution in [0.5, 0.6) is 5.75 Å². The second kappa shape index (κ2) is 6.47. The van der Waals surface area contributed by atoms with Gasteiger partial charge in [0.15, 0.2) is 0 Å². The van der Waals surface area contributed by atoms with Crippen molar-refractivity contribution in [3.05, 3.63) is 65.2 Å². The van der Waals surface area contributed by atoms with Gasteiger partial charge < -0.3 is 15.3 Å². The third kappa shape index (κ3) is 2.96. The Hall–Kier alpha value is -1.84. The van der Waals surface area contributed by atoms with Gasteiger partial charge in [0.05, 0.1) is 0 Å². The molecular weight excluding hydrogens is 308 g/mol. The minimum absolute atomic E-state index is 0.0521. The third-order valence-corrected chi connectivity index (χ3v) is 6.35. The Morgan fingerprint density at radius 1 is 1.20 bits per heavy atom. The fourth-order valence-corrected chi connectivity index (χ4v) is 4.96. The van der Waals surface area contributed by atoms with Crippen molar-refractivity contribution >= 4 is 0 Å². The zero-order chi connectivity index (χ0) is 17.4. The highest BCUT2D eigenvalue weighted by molar-refractivity contribution is 5.45. The van der Waals surface area contributed by atoms with Crippen LogP contribution >= 0.6 is 0 Å². The van der Waals surface area contributed by atoms with Crippen LogP contribution in [0.1, 0.15) is 36.5 Å². The van der Waals surface area contributed by atoms with Crippen LogP contribution in [-0.4, -0.2) is 35.7 Å². The van der Waals surface area contributed by atoms with Crippen LogP contribution in [0, 0.1) is 0 Å². The molecule has 1 heterocycles. The number of rotatable bonds is 3. The number of phenolic OH excluding ortho intramolecular Hbond substituents is 1. The molecule has 2 aromatic carbocycles. The monoisotopic (exact) mass is 336 g/mol. The highest BCUT2D eigenvalue weighted by Gasteiger charge is 2.47. The summed E-state index contributed by atoms with van der Waals surface area (Å²) < 4.78 is 0. The fourth-order valence-electron chi connectivity index (χ4n) is 4.96. The van der Waals surface area contributed by atoms with Crippen molar-refractivity contribution in [1.82, 2.24) is 10.2 Å². The molecule has 3 unspecified atom stereocenters. The number of fused-ring (bicyclic) bond motifs is 4. The van der Waals surface area contributed by atoms with Crippen LogP contribution in [0.4, 0.5) is 0 Å². The molecule has 1 saturated heterocycles. The van der Waals surface area contributed by atoms with Crippen molar-refractivity contribution in [2.45, 2.75) is 50.2 Å². The van der Waals surface area contributed by atoms with E-state index >= 15 is 0 Å². The first-order valence-corrected chi connectivity index (χ1v) is 9.38. The molecule has 2 bridgehead atoms. The maximum atomic E-state index is 10.1. The van der Waals surface area contributed by atoms with E-state index in [0.29, 0.717) is 17.8 Å². The molecule has 0 amide bonds. The summed E-state index contributed by atoms with van der Waals surface area (Å²) in [6, 6.07) is 17.5. The van der Waals surface area contributed by atoms with E-state index in [0.717, 1.165) is 25.9 Å². The van der Waals surface area contributed by atoms with Crippen molar-refractivity contribution < 1.29 is 5.11 Å². The summed E-state index contributed by atoms with van der Waals surface area (Å²) in [4.78, 5) is 2.53. The number of likely N-dealkylation sites (N-methyl/N-ethyl adjacent to an activating group) is 1. The lowest BCUT2D eigenvalue weighted by atomic mass is 9.64. The molecule has 0 saturated carbocycles. The first-order valence-electron chi connectivity index (χ1n) is 9.38. The van der Waals surface area contributed by atoms with Gasteiger partial charge in [-0.05, 0) is 61.7 Å². The van der Waals surface area contributed by atoms with Gasteiger partial charge in [-0.3, -0.25) is 0 Å². The topological polar surface area (TPSA) is 35.5 Å². The Morgan fingerprint density at radius 2 is 2.00 bits per heavy atom. The third-order valence-electron chi connectivity index (χ3n) is 6.35. The van der Waals surface area contributed by atoms with Crippen molar-refractivity contribution in [2.24, 2.45) is 0 Å². The number of hydrogen-bond donors (Lipinski definition) is 2. The van der Waals surface area contributed by atoms with Gasteiger partial charge in [0.25, 0.3) is 0 Å². The second-order valence-electron chi connectivity index (χ2n) is 7.96. The van der Waals surface area contributed by atoms with E-state index in [-0.39, 0.29) is 5.41 Å². The second-order valence-corrected chi connectivity index (χ2v) is 7.96. The molecule has 3 atom stereocenters. The van der Waals surface area contributed by atoms with Crippen LogP contribution in [0.2, 0.25) is 0 Å². The van der Waals surface area contributed by atoms with Gasteiger partial charge in [-0.1, -0.05) is 43.3 Å². The molecule has 0 spiro atoms. The SMILES string of the molecule is CN1CCCC2(C)c3cc(O)ccc3CC1C2NCc1ccccc1. The molecule has 0 radical (unpaired) electrons. The summed E-state index contributed by atoms with van der Waals surface area (Å²) in [7, 11) is 2.26. The molecule has 3 nitrogen and oxygen atoms in total. The molecule has 1 fully saturated rings. The number of likely N-dealkylation sites (tertiary alicyclic amines) is 1. The molecule has 4 rings (SSSR count). The van der Waals surface area contributed by atoms with Gasteiger partial charge in [0, 0.05) is 24.0 Å². The lowest BCUT2D eigenvalue weighted by Gasteiger charge is -2.48. The van der Waals surface area contributed by atoms with Gasteiger partial charge in [0.1, 0.15) is 5.75 Å².